The Labute approximate surface area is 210 Å². The fourth-order valence-corrected chi connectivity index (χ4v) is 5.33. The van der Waals surface area contributed by atoms with E-state index in [0.717, 1.165) is 37.1 Å². The highest BCUT2D eigenvalue weighted by Crippen LogP contribution is 2.31. The lowest BCUT2D eigenvalue weighted by Gasteiger charge is -2.12. The molecule has 2 aliphatic rings. The standard InChI is InChI=1S/C31H40N4/c1-8-23-24(9-2)30(34-28(23)16-22-14-12-13-15-32-22)18-31-26(11-4)25(10-3)29(35-31)17-27-20(6)19(5)21(7)33-27/h12-18,22,32-33,35H,8-11H2,1-7H3. The molecule has 2 aromatic rings. The number of hydrogen-bond donors (Lipinski definition) is 3. The number of rotatable bonds is 7. The lowest BCUT2D eigenvalue weighted by Crippen LogP contribution is -2.21. The van der Waals surface area contributed by atoms with Crippen LogP contribution in [-0.2, 0) is 12.8 Å². The Morgan fingerprint density at radius 2 is 1.49 bits per heavy atom. The molecule has 1 unspecified atom stereocenters. The third kappa shape index (κ3) is 4.80. The number of nitrogens with one attached hydrogen (secondary N) is 3. The first-order valence-corrected chi connectivity index (χ1v) is 13.1. The number of hydrogen-bond acceptors (Lipinski definition) is 2. The molecular weight excluding hydrogens is 428 g/mol. The lowest BCUT2D eigenvalue weighted by molar-refractivity contribution is 0.820. The quantitative estimate of drug-likeness (QED) is 0.494. The van der Waals surface area contributed by atoms with E-state index in [-0.39, 0.29) is 6.04 Å². The predicted octanol–water partition coefficient (Wildman–Crippen LogP) is 5.50. The van der Waals surface area contributed by atoms with Gasteiger partial charge in [-0.1, -0.05) is 39.8 Å². The summed E-state index contributed by atoms with van der Waals surface area (Å²) in [5, 5.41) is 5.79. The molecule has 0 radical (unpaired) electrons. The number of aryl methyl sites for hydroxylation is 1. The van der Waals surface area contributed by atoms with E-state index in [9.17, 15) is 0 Å². The second-order valence-corrected chi connectivity index (χ2v) is 9.47. The van der Waals surface area contributed by atoms with Crippen molar-refractivity contribution < 1.29 is 0 Å². The van der Waals surface area contributed by atoms with Gasteiger partial charge in [0.1, 0.15) is 0 Å². The van der Waals surface area contributed by atoms with E-state index in [4.69, 9.17) is 4.99 Å². The van der Waals surface area contributed by atoms with Gasteiger partial charge < -0.3 is 15.3 Å². The zero-order valence-electron chi connectivity index (χ0n) is 22.4. The van der Waals surface area contributed by atoms with Crippen LogP contribution in [0, 0.1) is 20.8 Å². The molecule has 4 heteroatoms. The Hall–Kier alpha value is -3.27. The first-order valence-electron chi connectivity index (χ1n) is 13.1. The average molecular weight is 469 g/mol. The predicted molar refractivity (Wildman–Crippen MR) is 150 cm³/mol. The minimum Gasteiger partial charge on any atom is -0.381 e. The highest BCUT2D eigenvalue weighted by molar-refractivity contribution is 6.23. The van der Waals surface area contributed by atoms with E-state index in [1.807, 2.05) is 12.3 Å². The molecule has 0 bridgehead atoms. The summed E-state index contributed by atoms with van der Waals surface area (Å²) >= 11 is 0. The maximum Gasteiger partial charge on any atom is 0.0693 e. The van der Waals surface area contributed by atoms with Crippen molar-refractivity contribution in [1.29, 1.82) is 0 Å². The van der Waals surface area contributed by atoms with Crippen LogP contribution in [0.4, 0.5) is 0 Å². The van der Waals surface area contributed by atoms with Crippen molar-refractivity contribution in [2.45, 2.75) is 80.2 Å². The molecule has 0 saturated carbocycles. The average Bonchev–Trinajstić information content (AvgIpc) is 3.46. The summed E-state index contributed by atoms with van der Waals surface area (Å²) in [4.78, 5) is 12.5. The summed E-state index contributed by atoms with van der Waals surface area (Å²) in [6, 6.07) is 0.179. The van der Waals surface area contributed by atoms with Gasteiger partial charge in [-0.25, -0.2) is 4.99 Å². The molecule has 4 heterocycles. The van der Waals surface area contributed by atoms with Crippen LogP contribution in [-0.4, -0.2) is 21.7 Å². The number of aromatic amines is 2. The maximum absolute atomic E-state index is 5.15. The van der Waals surface area contributed by atoms with E-state index < -0.39 is 0 Å². The lowest BCUT2D eigenvalue weighted by atomic mass is 9.98. The van der Waals surface area contributed by atoms with Gasteiger partial charge in [-0.15, -0.1) is 0 Å². The van der Waals surface area contributed by atoms with Crippen LogP contribution in [0.25, 0.3) is 12.2 Å². The van der Waals surface area contributed by atoms with Crippen molar-refractivity contribution in [3.8, 4) is 0 Å². The Morgan fingerprint density at radius 1 is 0.800 bits per heavy atom. The minimum atomic E-state index is 0.179. The maximum atomic E-state index is 5.15. The Balaban J connectivity index is 1.86. The zero-order chi connectivity index (χ0) is 25.1. The van der Waals surface area contributed by atoms with Crippen molar-refractivity contribution in [3.63, 3.8) is 0 Å². The summed E-state index contributed by atoms with van der Waals surface area (Å²) in [5.41, 5.74) is 12.8. The van der Waals surface area contributed by atoms with Gasteiger partial charge in [-0.2, -0.15) is 0 Å². The molecule has 0 fully saturated rings. The van der Waals surface area contributed by atoms with Gasteiger partial charge in [-0.05, 0) is 110 Å². The van der Waals surface area contributed by atoms with Gasteiger partial charge in [0, 0.05) is 22.1 Å². The first-order chi connectivity index (χ1) is 16.9. The van der Waals surface area contributed by atoms with Crippen molar-refractivity contribution >= 4 is 17.9 Å². The van der Waals surface area contributed by atoms with Crippen molar-refractivity contribution in [2.75, 3.05) is 0 Å². The molecule has 0 amide bonds. The SMILES string of the molecule is CCC1=C(CC)C(C=c2[nH]c(=Cc3[nH]c(C)c(C)c3C)c(CC)c2CC)=NC1=CC1C=CC=CN1. The van der Waals surface area contributed by atoms with Gasteiger partial charge in [0.05, 0.1) is 17.5 Å². The summed E-state index contributed by atoms with van der Waals surface area (Å²) < 4.78 is 0. The van der Waals surface area contributed by atoms with E-state index >= 15 is 0 Å². The molecule has 0 spiro atoms. The zero-order valence-corrected chi connectivity index (χ0v) is 22.4. The Morgan fingerprint density at radius 3 is 2.03 bits per heavy atom. The van der Waals surface area contributed by atoms with Crippen LogP contribution in [0.15, 0.2) is 52.3 Å². The highest BCUT2D eigenvalue weighted by atomic mass is 14.9. The van der Waals surface area contributed by atoms with Crippen molar-refractivity contribution in [3.05, 3.63) is 91.7 Å². The number of nitrogens with zero attached hydrogens (tertiary/aromatic N) is 1. The van der Waals surface area contributed by atoms with E-state index in [2.05, 4.69) is 94.1 Å². The number of H-pyrrole nitrogens is 2. The first kappa shape index (κ1) is 24.8. The second kappa shape index (κ2) is 10.6. The fraction of sp³-hybridized carbons (Fsp3) is 0.387. The molecule has 3 N–H and O–H groups in total. The largest absolute Gasteiger partial charge is 0.381 e. The molecule has 2 aromatic heterocycles. The highest BCUT2D eigenvalue weighted by Gasteiger charge is 2.21. The van der Waals surface area contributed by atoms with Gasteiger partial charge in [-0.3, -0.25) is 0 Å². The molecular formula is C31H40N4. The number of aliphatic imine (C=N–C) groups is 1. The molecule has 0 saturated heterocycles. The summed E-state index contributed by atoms with van der Waals surface area (Å²) in [7, 11) is 0. The normalized spacial score (nSPS) is 19.9. The molecule has 184 valence electrons. The van der Waals surface area contributed by atoms with E-state index in [1.165, 1.54) is 55.5 Å². The fourth-order valence-electron chi connectivity index (χ4n) is 5.33. The molecule has 35 heavy (non-hydrogen) atoms. The second-order valence-electron chi connectivity index (χ2n) is 9.47. The van der Waals surface area contributed by atoms with Gasteiger partial charge in [0.25, 0.3) is 0 Å². The molecule has 1 atom stereocenters. The Bertz CT molecular complexity index is 1380. The van der Waals surface area contributed by atoms with Crippen LogP contribution in [0.2, 0.25) is 0 Å². The number of aromatic nitrogens is 2. The number of dihydropyridines is 1. The molecule has 2 aliphatic heterocycles. The van der Waals surface area contributed by atoms with Crippen LogP contribution in [0.1, 0.15) is 74.2 Å². The Kier molecular flexibility index (Phi) is 7.49. The topological polar surface area (TPSA) is 56.0 Å². The minimum absolute atomic E-state index is 0.179. The molecule has 0 aromatic carbocycles. The smallest absolute Gasteiger partial charge is 0.0693 e. The third-order valence-electron chi connectivity index (χ3n) is 7.49. The van der Waals surface area contributed by atoms with Crippen LogP contribution in [0.5, 0.6) is 0 Å². The van der Waals surface area contributed by atoms with Crippen molar-refractivity contribution in [2.24, 2.45) is 4.99 Å². The van der Waals surface area contributed by atoms with Gasteiger partial charge in [0.15, 0.2) is 0 Å². The van der Waals surface area contributed by atoms with E-state index in [0.29, 0.717) is 0 Å². The number of allylic oxidation sites excluding steroid dienone is 4. The molecule has 0 aliphatic carbocycles. The molecule has 4 rings (SSSR count). The van der Waals surface area contributed by atoms with Crippen LogP contribution < -0.4 is 16.0 Å². The van der Waals surface area contributed by atoms with E-state index in [1.54, 1.807) is 0 Å². The molecule has 4 nitrogen and oxygen atoms in total. The van der Waals surface area contributed by atoms with Crippen molar-refractivity contribution in [1.82, 2.24) is 15.3 Å². The van der Waals surface area contributed by atoms with Crippen LogP contribution in [0.3, 0.4) is 0 Å². The summed E-state index contributed by atoms with van der Waals surface area (Å²) in [5.74, 6) is 0. The van der Waals surface area contributed by atoms with Gasteiger partial charge >= 0.3 is 0 Å². The monoisotopic (exact) mass is 468 g/mol. The van der Waals surface area contributed by atoms with Gasteiger partial charge in [0.2, 0.25) is 0 Å². The summed E-state index contributed by atoms with van der Waals surface area (Å²) in [6.45, 7) is 15.5. The summed E-state index contributed by atoms with van der Waals surface area (Å²) in [6.07, 6.45) is 19.1. The third-order valence-corrected chi connectivity index (χ3v) is 7.49. The van der Waals surface area contributed by atoms with Crippen LogP contribution >= 0.6 is 0 Å².